The number of carbonyl (C=O) groups is 2. The number of fused-ring (bicyclic) bond motifs is 2. The molecule has 2 aliphatic heterocycles. The number of benzene rings is 1. The summed E-state index contributed by atoms with van der Waals surface area (Å²) in [6, 6.07) is 6.16. The van der Waals surface area contributed by atoms with Crippen LogP contribution in [-0.4, -0.2) is 24.6 Å². The second-order valence-electron chi connectivity index (χ2n) is 6.61. The molecular formula is C17H19N3O2. The Labute approximate surface area is 129 Å². The van der Waals surface area contributed by atoms with Crippen molar-refractivity contribution in [3.05, 3.63) is 29.3 Å². The van der Waals surface area contributed by atoms with Crippen molar-refractivity contribution in [3.8, 4) is 0 Å². The van der Waals surface area contributed by atoms with Gasteiger partial charge >= 0.3 is 0 Å². The zero-order chi connectivity index (χ0) is 15.4. The Morgan fingerprint density at radius 3 is 2.73 bits per heavy atom. The average Bonchev–Trinajstić information content (AvgIpc) is 2.46. The van der Waals surface area contributed by atoms with E-state index in [0.29, 0.717) is 0 Å². The minimum atomic E-state index is 0.0113. The van der Waals surface area contributed by atoms with Gasteiger partial charge < -0.3 is 4.90 Å². The molecule has 0 bridgehead atoms. The molecule has 1 N–H and O–H groups in total. The molecule has 4 rings (SSSR count). The Morgan fingerprint density at radius 2 is 2.00 bits per heavy atom. The smallest absolute Gasteiger partial charge is 0.243 e. The fourth-order valence-corrected chi connectivity index (χ4v) is 3.80. The van der Waals surface area contributed by atoms with E-state index in [1.54, 1.807) is 4.90 Å². The van der Waals surface area contributed by atoms with E-state index >= 15 is 0 Å². The molecule has 0 saturated heterocycles. The van der Waals surface area contributed by atoms with Crippen LogP contribution in [-0.2, 0) is 16.0 Å². The topological polar surface area (TPSA) is 61.8 Å². The summed E-state index contributed by atoms with van der Waals surface area (Å²) in [6.07, 6.45) is 2.75. The summed E-state index contributed by atoms with van der Waals surface area (Å²) in [5.74, 6) is 0.578. The molecule has 0 aromatic heterocycles. The summed E-state index contributed by atoms with van der Waals surface area (Å²) in [5, 5.41) is 4.30. The maximum Gasteiger partial charge on any atom is 0.243 e. The summed E-state index contributed by atoms with van der Waals surface area (Å²) in [6.45, 7) is 1.97. The number of amides is 2. The zero-order valence-corrected chi connectivity index (χ0v) is 12.8. The van der Waals surface area contributed by atoms with Gasteiger partial charge in [-0.1, -0.05) is 13.0 Å². The van der Waals surface area contributed by atoms with Gasteiger partial charge in [0, 0.05) is 30.5 Å². The molecule has 22 heavy (non-hydrogen) atoms. The molecule has 1 fully saturated rings. The van der Waals surface area contributed by atoms with Gasteiger partial charge in [0.25, 0.3) is 0 Å². The van der Waals surface area contributed by atoms with E-state index in [4.69, 9.17) is 0 Å². The monoisotopic (exact) mass is 297 g/mol. The Balaban J connectivity index is 1.72. The van der Waals surface area contributed by atoms with Crippen LogP contribution in [0.3, 0.4) is 0 Å². The maximum absolute atomic E-state index is 12.1. The highest BCUT2D eigenvalue weighted by atomic mass is 16.2. The van der Waals surface area contributed by atoms with Gasteiger partial charge in [-0.25, -0.2) is 5.43 Å². The number of rotatable bonds is 1. The molecule has 5 heteroatoms. The van der Waals surface area contributed by atoms with Crippen molar-refractivity contribution in [2.24, 2.45) is 22.9 Å². The van der Waals surface area contributed by atoms with Gasteiger partial charge in [0.1, 0.15) is 0 Å². The third-order valence-electron chi connectivity index (χ3n) is 5.26. The van der Waals surface area contributed by atoms with Gasteiger partial charge in [0.15, 0.2) is 0 Å². The summed E-state index contributed by atoms with van der Waals surface area (Å²) >= 11 is 0. The average molecular weight is 297 g/mol. The third kappa shape index (κ3) is 1.81. The van der Waals surface area contributed by atoms with E-state index in [-0.39, 0.29) is 29.6 Å². The number of nitrogens with zero attached hydrogens (tertiary/aromatic N) is 2. The van der Waals surface area contributed by atoms with Crippen molar-refractivity contribution < 1.29 is 9.59 Å². The van der Waals surface area contributed by atoms with Crippen LogP contribution in [0.5, 0.6) is 0 Å². The molecule has 1 aromatic carbocycles. The highest BCUT2D eigenvalue weighted by Crippen LogP contribution is 2.40. The predicted molar refractivity (Wildman–Crippen MR) is 83.6 cm³/mol. The number of anilines is 1. The molecule has 1 aliphatic carbocycles. The van der Waals surface area contributed by atoms with Crippen LogP contribution < -0.4 is 10.3 Å². The van der Waals surface area contributed by atoms with Gasteiger partial charge in [-0.2, -0.15) is 5.10 Å². The minimum absolute atomic E-state index is 0.0113. The SMILES string of the molecule is CC1Cc2cc(C3=NNC(=O)C4CCC34)ccc2N(C)C1=O. The van der Waals surface area contributed by atoms with E-state index in [2.05, 4.69) is 16.6 Å². The van der Waals surface area contributed by atoms with Gasteiger partial charge in [-0.05, 0) is 42.5 Å². The molecule has 114 valence electrons. The molecule has 1 aromatic rings. The second-order valence-corrected chi connectivity index (χ2v) is 6.61. The van der Waals surface area contributed by atoms with Crippen LogP contribution in [0.25, 0.3) is 0 Å². The van der Waals surface area contributed by atoms with Gasteiger partial charge in [0.2, 0.25) is 11.8 Å². The van der Waals surface area contributed by atoms with Gasteiger partial charge in [-0.3, -0.25) is 9.59 Å². The van der Waals surface area contributed by atoms with Crippen molar-refractivity contribution in [1.82, 2.24) is 5.43 Å². The van der Waals surface area contributed by atoms with Crippen LogP contribution >= 0.6 is 0 Å². The molecule has 3 atom stereocenters. The highest BCUT2D eigenvalue weighted by Gasteiger charge is 2.43. The third-order valence-corrected chi connectivity index (χ3v) is 5.26. The fourth-order valence-electron chi connectivity index (χ4n) is 3.80. The van der Waals surface area contributed by atoms with Crippen LogP contribution in [0, 0.1) is 17.8 Å². The number of carbonyl (C=O) groups excluding carboxylic acids is 2. The van der Waals surface area contributed by atoms with E-state index in [9.17, 15) is 9.59 Å². The summed E-state index contributed by atoms with van der Waals surface area (Å²) in [4.78, 5) is 25.5. The first-order valence-electron chi connectivity index (χ1n) is 7.84. The van der Waals surface area contributed by atoms with Gasteiger partial charge in [0.05, 0.1) is 5.71 Å². The van der Waals surface area contributed by atoms with Crippen LogP contribution in [0.2, 0.25) is 0 Å². The van der Waals surface area contributed by atoms with Gasteiger partial charge in [-0.15, -0.1) is 0 Å². The quantitative estimate of drug-likeness (QED) is 0.857. The molecule has 3 aliphatic rings. The van der Waals surface area contributed by atoms with Crippen molar-refractivity contribution in [2.75, 3.05) is 11.9 Å². The second kappa shape index (κ2) is 4.66. The fraction of sp³-hybridized carbons (Fsp3) is 0.471. The Morgan fingerprint density at radius 1 is 1.23 bits per heavy atom. The Bertz CT molecular complexity index is 710. The van der Waals surface area contributed by atoms with E-state index in [0.717, 1.165) is 36.2 Å². The van der Waals surface area contributed by atoms with Crippen molar-refractivity contribution in [3.63, 3.8) is 0 Å². The minimum Gasteiger partial charge on any atom is -0.315 e. The summed E-state index contributed by atoms with van der Waals surface area (Å²) in [7, 11) is 1.83. The molecule has 3 unspecified atom stereocenters. The largest absolute Gasteiger partial charge is 0.315 e. The maximum atomic E-state index is 12.1. The van der Waals surface area contributed by atoms with E-state index < -0.39 is 0 Å². The Hall–Kier alpha value is -2.17. The lowest BCUT2D eigenvalue weighted by Crippen LogP contribution is -2.48. The molecular weight excluding hydrogens is 278 g/mol. The molecule has 5 nitrogen and oxygen atoms in total. The first-order chi connectivity index (χ1) is 10.6. The standard InChI is InChI=1S/C17H19N3O2/c1-9-7-11-8-10(3-6-14(11)20(2)17(9)22)15-12-4-5-13(12)16(21)19-18-15/h3,6,8-9,12-13H,4-5,7H2,1-2H3,(H,19,21). The first-order valence-corrected chi connectivity index (χ1v) is 7.84. The Kier molecular flexibility index (Phi) is 2.86. The molecule has 2 heterocycles. The number of nitrogens with one attached hydrogen (secondary N) is 1. The highest BCUT2D eigenvalue weighted by molar-refractivity contribution is 6.08. The van der Waals surface area contributed by atoms with Crippen molar-refractivity contribution in [1.29, 1.82) is 0 Å². The zero-order valence-electron chi connectivity index (χ0n) is 12.8. The van der Waals surface area contributed by atoms with Crippen LogP contribution in [0.1, 0.15) is 30.9 Å². The normalized spacial score (nSPS) is 30.0. The molecule has 2 amide bonds. The lowest BCUT2D eigenvalue weighted by molar-refractivity contribution is -0.129. The summed E-state index contributed by atoms with van der Waals surface area (Å²) < 4.78 is 0. The number of hydrazone groups is 1. The number of hydrogen-bond donors (Lipinski definition) is 1. The lowest BCUT2D eigenvalue weighted by atomic mass is 9.68. The van der Waals surface area contributed by atoms with Crippen molar-refractivity contribution in [2.45, 2.75) is 26.2 Å². The first kappa shape index (κ1) is 13.5. The number of hydrogen-bond acceptors (Lipinski definition) is 3. The molecule has 0 radical (unpaired) electrons. The van der Waals surface area contributed by atoms with Crippen LogP contribution in [0.15, 0.2) is 23.3 Å². The lowest BCUT2D eigenvalue weighted by Gasteiger charge is -2.39. The van der Waals surface area contributed by atoms with Crippen LogP contribution in [0.4, 0.5) is 5.69 Å². The van der Waals surface area contributed by atoms with Crippen molar-refractivity contribution >= 4 is 23.2 Å². The van der Waals surface area contributed by atoms with E-state index in [1.807, 2.05) is 26.1 Å². The summed E-state index contributed by atoms with van der Waals surface area (Å²) in [5.41, 5.74) is 6.88. The van der Waals surface area contributed by atoms with E-state index in [1.165, 1.54) is 5.56 Å². The molecule has 0 spiro atoms. The molecule has 1 saturated carbocycles. The predicted octanol–water partition coefficient (Wildman–Crippen LogP) is 1.70.